The molecule has 3 heteroatoms. The average Bonchev–Trinajstić information content (AvgIpc) is 3.24. The van der Waals surface area contributed by atoms with Crippen molar-refractivity contribution in [3.05, 3.63) is 29.8 Å². The number of ether oxygens (including phenoxy) is 1. The molecule has 1 aromatic carbocycles. The van der Waals surface area contributed by atoms with E-state index in [1.807, 2.05) is 0 Å². The van der Waals surface area contributed by atoms with Crippen LogP contribution in [0.3, 0.4) is 0 Å². The summed E-state index contributed by atoms with van der Waals surface area (Å²) in [7, 11) is 0. The Morgan fingerprint density at radius 1 is 1.11 bits per heavy atom. The molecule has 1 saturated carbocycles. The predicted molar refractivity (Wildman–Crippen MR) is 74.0 cm³/mol. The highest BCUT2D eigenvalue weighted by Gasteiger charge is 2.19. The molecular formula is C15H22N2O. The van der Waals surface area contributed by atoms with Gasteiger partial charge in [-0.2, -0.15) is 0 Å². The van der Waals surface area contributed by atoms with E-state index < -0.39 is 0 Å². The lowest BCUT2D eigenvalue weighted by Crippen LogP contribution is -2.25. The summed E-state index contributed by atoms with van der Waals surface area (Å²) in [5.41, 5.74) is 2.72. The molecule has 3 rings (SSSR count). The van der Waals surface area contributed by atoms with Gasteiger partial charge in [-0.1, -0.05) is 12.1 Å². The summed E-state index contributed by atoms with van der Waals surface area (Å²) in [5, 5.41) is 3.55. The fourth-order valence-corrected chi connectivity index (χ4v) is 2.38. The zero-order valence-electron chi connectivity index (χ0n) is 10.9. The van der Waals surface area contributed by atoms with Gasteiger partial charge >= 0.3 is 0 Å². The van der Waals surface area contributed by atoms with Crippen LogP contribution in [-0.4, -0.2) is 32.3 Å². The van der Waals surface area contributed by atoms with Crippen molar-refractivity contribution in [1.29, 1.82) is 0 Å². The van der Waals surface area contributed by atoms with Crippen molar-refractivity contribution in [3.8, 4) is 0 Å². The molecule has 2 aliphatic rings. The predicted octanol–water partition coefficient (Wildman–Crippen LogP) is 2.17. The van der Waals surface area contributed by atoms with Crippen molar-refractivity contribution in [1.82, 2.24) is 5.32 Å². The highest BCUT2D eigenvalue weighted by atomic mass is 16.5. The molecule has 1 N–H and O–H groups in total. The molecule has 0 atom stereocenters. The number of anilines is 1. The highest BCUT2D eigenvalue weighted by molar-refractivity contribution is 5.47. The van der Waals surface area contributed by atoms with Gasteiger partial charge < -0.3 is 15.0 Å². The number of nitrogens with zero attached hydrogens (tertiary/aromatic N) is 1. The second-order valence-electron chi connectivity index (χ2n) is 5.27. The summed E-state index contributed by atoms with van der Waals surface area (Å²) in [6.45, 7) is 4.89. The van der Waals surface area contributed by atoms with Crippen molar-refractivity contribution in [2.24, 2.45) is 0 Å². The third-order valence-corrected chi connectivity index (χ3v) is 3.70. The number of hydrogen-bond acceptors (Lipinski definition) is 3. The van der Waals surface area contributed by atoms with Crippen molar-refractivity contribution in [2.45, 2.75) is 31.8 Å². The lowest BCUT2D eigenvalue weighted by Gasteiger charge is -2.22. The second kappa shape index (κ2) is 5.72. The van der Waals surface area contributed by atoms with Gasteiger partial charge in [-0.25, -0.2) is 0 Å². The lowest BCUT2D eigenvalue weighted by molar-refractivity contribution is 0.152. The standard InChI is InChI=1S/C15H22N2O/c1-8-17(9-11-18-10-1)15-6-2-13(3-7-15)12-16-14-4-5-14/h2-3,6-7,14,16H,1,4-5,8-12H2. The zero-order chi connectivity index (χ0) is 12.2. The van der Waals surface area contributed by atoms with Gasteiger partial charge in [-0.05, 0) is 37.0 Å². The summed E-state index contributed by atoms with van der Waals surface area (Å²) < 4.78 is 5.49. The van der Waals surface area contributed by atoms with E-state index in [-0.39, 0.29) is 0 Å². The Hall–Kier alpha value is -1.06. The van der Waals surface area contributed by atoms with E-state index in [9.17, 15) is 0 Å². The Balaban J connectivity index is 1.58. The first kappa shape index (κ1) is 12.0. The van der Waals surface area contributed by atoms with Crippen LogP contribution in [0.15, 0.2) is 24.3 Å². The van der Waals surface area contributed by atoms with E-state index in [2.05, 4.69) is 34.5 Å². The summed E-state index contributed by atoms with van der Waals surface area (Å²) >= 11 is 0. The lowest BCUT2D eigenvalue weighted by atomic mass is 10.2. The third kappa shape index (κ3) is 3.24. The summed E-state index contributed by atoms with van der Waals surface area (Å²) in [6.07, 6.45) is 3.84. The molecule has 98 valence electrons. The minimum absolute atomic E-state index is 0.785. The van der Waals surface area contributed by atoms with Gasteiger partial charge in [0.1, 0.15) is 0 Å². The van der Waals surface area contributed by atoms with E-state index in [4.69, 9.17) is 4.74 Å². The molecule has 2 fully saturated rings. The van der Waals surface area contributed by atoms with Gasteiger partial charge in [-0.15, -0.1) is 0 Å². The van der Waals surface area contributed by atoms with Crippen LogP contribution in [0.4, 0.5) is 5.69 Å². The Morgan fingerprint density at radius 3 is 2.72 bits per heavy atom. The van der Waals surface area contributed by atoms with Crippen molar-refractivity contribution < 1.29 is 4.74 Å². The molecule has 3 nitrogen and oxygen atoms in total. The minimum Gasteiger partial charge on any atom is -0.380 e. The SMILES string of the molecule is c1cc(N2CCCOCC2)ccc1CNC1CC1. The first-order valence-electron chi connectivity index (χ1n) is 7.07. The molecule has 0 aromatic heterocycles. The Kier molecular flexibility index (Phi) is 3.81. The topological polar surface area (TPSA) is 24.5 Å². The number of nitrogens with one attached hydrogen (secondary N) is 1. The molecule has 1 aliphatic carbocycles. The monoisotopic (exact) mass is 246 g/mol. The molecule has 1 aliphatic heterocycles. The summed E-state index contributed by atoms with van der Waals surface area (Å²) in [4.78, 5) is 2.42. The van der Waals surface area contributed by atoms with E-state index in [0.29, 0.717) is 0 Å². The van der Waals surface area contributed by atoms with Gasteiger partial charge in [-0.3, -0.25) is 0 Å². The van der Waals surface area contributed by atoms with E-state index in [0.717, 1.165) is 45.3 Å². The van der Waals surface area contributed by atoms with Gasteiger partial charge in [0.2, 0.25) is 0 Å². The van der Waals surface area contributed by atoms with Crippen molar-refractivity contribution in [2.75, 3.05) is 31.2 Å². The van der Waals surface area contributed by atoms with Gasteiger partial charge in [0.15, 0.2) is 0 Å². The largest absolute Gasteiger partial charge is 0.380 e. The Morgan fingerprint density at radius 2 is 1.94 bits per heavy atom. The average molecular weight is 246 g/mol. The van der Waals surface area contributed by atoms with Gasteiger partial charge in [0, 0.05) is 38.0 Å². The molecule has 0 spiro atoms. The molecule has 0 bridgehead atoms. The van der Waals surface area contributed by atoms with Crippen LogP contribution < -0.4 is 10.2 Å². The third-order valence-electron chi connectivity index (χ3n) is 3.70. The summed E-state index contributed by atoms with van der Waals surface area (Å²) in [5.74, 6) is 0. The molecule has 0 radical (unpaired) electrons. The minimum atomic E-state index is 0.785. The smallest absolute Gasteiger partial charge is 0.0641 e. The van der Waals surface area contributed by atoms with Crippen LogP contribution >= 0.6 is 0 Å². The molecular weight excluding hydrogens is 224 g/mol. The highest BCUT2D eigenvalue weighted by Crippen LogP contribution is 2.20. The van der Waals surface area contributed by atoms with Crippen LogP contribution in [0.5, 0.6) is 0 Å². The zero-order valence-corrected chi connectivity index (χ0v) is 10.9. The van der Waals surface area contributed by atoms with Crippen LogP contribution in [0.25, 0.3) is 0 Å². The van der Waals surface area contributed by atoms with Crippen LogP contribution in [-0.2, 0) is 11.3 Å². The maximum atomic E-state index is 5.49. The number of hydrogen-bond donors (Lipinski definition) is 1. The van der Waals surface area contributed by atoms with Crippen molar-refractivity contribution >= 4 is 5.69 Å². The maximum absolute atomic E-state index is 5.49. The molecule has 1 aromatic rings. The molecule has 1 heterocycles. The van der Waals surface area contributed by atoms with Crippen LogP contribution in [0.1, 0.15) is 24.8 Å². The van der Waals surface area contributed by atoms with E-state index >= 15 is 0 Å². The normalized spacial score (nSPS) is 20.8. The first-order chi connectivity index (χ1) is 8.92. The van der Waals surface area contributed by atoms with Crippen LogP contribution in [0.2, 0.25) is 0 Å². The quantitative estimate of drug-likeness (QED) is 0.881. The van der Waals surface area contributed by atoms with Gasteiger partial charge in [0.05, 0.1) is 6.61 Å². The number of benzene rings is 1. The first-order valence-corrected chi connectivity index (χ1v) is 7.07. The molecule has 18 heavy (non-hydrogen) atoms. The fraction of sp³-hybridized carbons (Fsp3) is 0.600. The van der Waals surface area contributed by atoms with Crippen molar-refractivity contribution in [3.63, 3.8) is 0 Å². The second-order valence-corrected chi connectivity index (χ2v) is 5.27. The molecule has 0 amide bonds. The van der Waals surface area contributed by atoms with Crippen LogP contribution in [0, 0.1) is 0 Å². The van der Waals surface area contributed by atoms with E-state index in [1.54, 1.807) is 0 Å². The Bertz CT molecular complexity index is 365. The molecule has 1 saturated heterocycles. The number of rotatable bonds is 4. The molecule has 0 unspecified atom stereocenters. The fourth-order valence-electron chi connectivity index (χ4n) is 2.38. The van der Waals surface area contributed by atoms with Gasteiger partial charge in [0.25, 0.3) is 0 Å². The summed E-state index contributed by atoms with van der Waals surface area (Å²) in [6, 6.07) is 9.77. The maximum Gasteiger partial charge on any atom is 0.0641 e. The Labute approximate surface area is 109 Å². The van der Waals surface area contributed by atoms with E-state index in [1.165, 1.54) is 24.1 Å².